The number of anilines is 1. The molecule has 1 fully saturated rings. The highest BCUT2D eigenvalue weighted by atomic mass is 16.5. The first-order chi connectivity index (χ1) is 16.4. The number of carbonyl (C=O) groups excluding carboxylic acids is 3. The number of benzene rings is 2. The molecule has 1 aliphatic rings. The number of aromatic hydroxyl groups is 1. The molecule has 0 saturated carbocycles. The Balaban J connectivity index is 1.50. The maximum absolute atomic E-state index is 12.6. The summed E-state index contributed by atoms with van der Waals surface area (Å²) in [4.78, 5) is 38.8. The Morgan fingerprint density at radius 1 is 1.03 bits per heavy atom. The van der Waals surface area contributed by atoms with E-state index in [4.69, 9.17) is 14.2 Å². The SMILES string of the molecule is COc1cc(N2CC(C(=O)NCCCNC(=O)c3cccc(O)c3)CC2=O)cc(OC)c1OC. The van der Waals surface area contributed by atoms with E-state index in [2.05, 4.69) is 10.6 Å². The summed E-state index contributed by atoms with van der Waals surface area (Å²) in [7, 11) is 4.49. The molecule has 182 valence electrons. The molecular weight excluding hydrogens is 442 g/mol. The number of methoxy groups -OCH3 is 3. The molecule has 1 atom stereocenters. The van der Waals surface area contributed by atoms with Gasteiger partial charge in [-0.15, -0.1) is 0 Å². The predicted octanol–water partition coefficient (Wildman–Crippen LogP) is 1.71. The van der Waals surface area contributed by atoms with Crippen LogP contribution in [0.15, 0.2) is 36.4 Å². The monoisotopic (exact) mass is 471 g/mol. The van der Waals surface area contributed by atoms with Crippen LogP contribution in [-0.2, 0) is 9.59 Å². The summed E-state index contributed by atoms with van der Waals surface area (Å²) < 4.78 is 16.0. The van der Waals surface area contributed by atoms with Crippen molar-refractivity contribution in [2.45, 2.75) is 12.8 Å². The number of carbonyl (C=O) groups is 3. The maximum Gasteiger partial charge on any atom is 0.251 e. The highest BCUT2D eigenvalue weighted by molar-refractivity contribution is 6.00. The second-order valence-corrected chi connectivity index (χ2v) is 7.74. The molecule has 1 heterocycles. The average Bonchev–Trinajstić information content (AvgIpc) is 3.24. The zero-order valence-electron chi connectivity index (χ0n) is 19.4. The van der Waals surface area contributed by atoms with E-state index in [1.807, 2.05) is 0 Å². The van der Waals surface area contributed by atoms with Crippen LogP contribution in [0.2, 0.25) is 0 Å². The van der Waals surface area contributed by atoms with Gasteiger partial charge in [-0.3, -0.25) is 14.4 Å². The molecule has 0 radical (unpaired) electrons. The third-order valence-corrected chi connectivity index (χ3v) is 5.50. The van der Waals surface area contributed by atoms with Crippen molar-refractivity contribution >= 4 is 23.4 Å². The fourth-order valence-electron chi connectivity index (χ4n) is 3.75. The Morgan fingerprint density at radius 2 is 1.71 bits per heavy atom. The van der Waals surface area contributed by atoms with Crippen LogP contribution < -0.4 is 29.7 Å². The van der Waals surface area contributed by atoms with E-state index >= 15 is 0 Å². The van der Waals surface area contributed by atoms with Gasteiger partial charge in [0.05, 0.1) is 32.9 Å². The van der Waals surface area contributed by atoms with Crippen LogP contribution in [0.25, 0.3) is 0 Å². The molecular formula is C24H29N3O7. The molecule has 34 heavy (non-hydrogen) atoms. The number of phenolic OH excluding ortho intramolecular Hbond substituents is 1. The molecule has 3 rings (SSSR count). The number of nitrogens with zero attached hydrogens (tertiary/aromatic N) is 1. The van der Waals surface area contributed by atoms with Crippen molar-refractivity contribution in [1.82, 2.24) is 10.6 Å². The normalized spacial score (nSPS) is 15.1. The number of amides is 3. The number of phenols is 1. The quantitative estimate of drug-likeness (QED) is 0.450. The largest absolute Gasteiger partial charge is 0.508 e. The highest BCUT2D eigenvalue weighted by Gasteiger charge is 2.35. The molecule has 10 heteroatoms. The third kappa shape index (κ3) is 5.69. The van der Waals surface area contributed by atoms with Gasteiger partial charge in [0.15, 0.2) is 11.5 Å². The van der Waals surface area contributed by atoms with Crippen LogP contribution in [-0.4, -0.2) is 63.8 Å². The number of rotatable bonds is 10. The van der Waals surface area contributed by atoms with Crippen molar-refractivity contribution in [3.63, 3.8) is 0 Å². The van der Waals surface area contributed by atoms with Gasteiger partial charge in [-0.25, -0.2) is 0 Å². The van der Waals surface area contributed by atoms with Gasteiger partial charge in [0.2, 0.25) is 17.6 Å². The standard InChI is InChI=1S/C24H29N3O7/c1-32-19-12-17(13-20(33-2)22(19)34-3)27-14-16(11-21(27)29)24(31)26-9-5-8-25-23(30)15-6-4-7-18(28)10-15/h4,6-7,10,12-13,16,28H,5,8-9,11,14H2,1-3H3,(H,25,30)(H,26,31). The van der Waals surface area contributed by atoms with Crippen molar-refractivity contribution in [2.75, 3.05) is 45.9 Å². The van der Waals surface area contributed by atoms with Gasteiger partial charge >= 0.3 is 0 Å². The molecule has 0 bridgehead atoms. The summed E-state index contributed by atoms with van der Waals surface area (Å²) in [6.07, 6.45) is 0.615. The lowest BCUT2D eigenvalue weighted by molar-refractivity contribution is -0.126. The highest BCUT2D eigenvalue weighted by Crippen LogP contribution is 2.42. The lowest BCUT2D eigenvalue weighted by atomic mass is 10.1. The first kappa shape index (κ1) is 24.7. The molecule has 2 aromatic rings. The fourth-order valence-corrected chi connectivity index (χ4v) is 3.75. The lowest BCUT2D eigenvalue weighted by Gasteiger charge is -2.20. The van der Waals surface area contributed by atoms with E-state index in [1.165, 1.54) is 38.4 Å². The molecule has 0 aliphatic carbocycles. The number of nitrogens with one attached hydrogen (secondary N) is 2. The Kier molecular flexibility index (Phi) is 8.18. The van der Waals surface area contributed by atoms with Crippen LogP contribution in [0.4, 0.5) is 5.69 Å². The summed E-state index contributed by atoms with van der Waals surface area (Å²) in [5, 5.41) is 15.0. The molecule has 2 aromatic carbocycles. The zero-order chi connectivity index (χ0) is 24.7. The van der Waals surface area contributed by atoms with Crippen LogP contribution in [0, 0.1) is 5.92 Å². The first-order valence-electron chi connectivity index (χ1n) is 10.8. The van der Waals surface area contributed by atoms with E-state index in [0.29, 0.717) is 48.0 Å². The summed E-state index contributed by atoms with van der Waals surface area (Å²) in [6, 6.07) is 9.42. The van der Waals surface area contributed by atoms with E-state index in [1.54, 1.807) is 24.3 Å². The van der Waals surface area contributed by atoms with Gasteiger partial charge in [-0.05, 0) is 24.6 Å². The lowest BCUT2D eigenvalue weighted by Crippen LogP contribution is -2.35. The van der Waals surface area contributed by atoms with Gasteiger partial charge in [0, 0.05) is 43.8 Å². The van der Waals surface area contributed by atoms with E-state index in [-0.39, 0.29) is 36.4 Å². The van der Waals surface area contributed by atoms with Crippen molar-refractivity contribution in [2.24, 2.45) is 5.92 Å². The Labute approximate surface area is 197 Å². The van der Waals surface area contributed by atoms with Crippen LogP contribution in [0.5, 0.6) is 23.0 Å². The summed E-state index contributed by atoms with van der Waals surface area (Å²) >= 11 is 0. The Bertz CT molecular complexity index is 1030. The summed E-state index contributed by atoms with van der Waals surface area (Å²) in [6.45, 7) is 0.946. The predicted molar refractivity (Wildman–Crippen MR) is 125 cm³/mol. The number of hydrogen-bond donors (Lipinski definition) is 3. The third-order valence-electron chi connectivity index (χ3n) is 5.50. The van der Waals surface area contributed by atoms with Crippen LogP contribution in [0.1, 0.15) is 23.2 Å². The first-order valence-corrected chi connectivity index (χ1v) is 10.8. The minimum absolute atomic E-state index is 0.0200. The topological polar surface area (TPSA) is 126 Å². The average molecular weight is 472 g/mol. The zero-order valence-corrected chi connectivity index (χ0v) is 19.4. The van der Waals surface area contributed by atoms with Gasteiger partial charge in [-0.1, -0.05) is 6.07 Å². The summed E-state index contributed by atoms with van der Waals surface area (Å²) in [5.74, 6) is 0.0987. The smallest absolute Gasteiger partial charge is 0.251 e. The molecule has 3 amide bonds. The number of hydrogen-bond acceptors (Lipinski definition) is 7. The van der Waals surface area contributed by atoms with Gasteiger partial charge in [0.1, 0.15) is 5.75 Å². The molecule has 1 unspecified atom stereocenters. The summed E-state index contributed by atoms with van der Waals surface area (Å²) in [5.41, 5.74) is 0.921. The number of ether oxygens (including phenoxy) is 3. The van der Waals surface area contributed by atoms with Gasteiger partial charge in [0.25, 0.3) is 5.91 Å². The fraction of sp³-hybridized carbons (Fsp3) is 0.375. The van der Waals surface area contributed by atoms with Crippen molar-refractivity contribution in [3.8, 4) is 23.0 Å². The molecule has 3 N–H and O–H groups in total. The Morgan fingerprint density at radius 3 is 2.32 bits per heavy atom. The second-order valence-electron chi connectivity index (χ2n) is 7.74. The van der Waals surface area contributed by atoms with E-state index in [0.717, 1.165) is 0 Å². The molecule has 1 aliphatic heterocycles. The molecule has 1 saturated heterocycles. The minimum Gasteiger partial charge on any atom is -0.508 e. The maximum atomic E-state index is 12.6. The van der Waals surface area contributed by atoms with Crippen LogP contribution >= 0.6 is 0 Å². The van der Waals surface area contributed by atoms with E-state index < -0.39 is 5.92 Å². The van der Waals surface area contributed by atoms with E-state index in [9.17, 15) is 19.5 Å². The van der Waals surface area contributed by atoms with Crippen molar-refractivity contribution in [1.29, 1.82) is 0 Å². The molecule has 10 nitrogen and oxygen atoms in total. The minimum atomic E-state index is -0.492. The molecule has 0 spiro atoms. The Hall–Kier alpha value is -3.95. The van der Waals surface area contributed by atoms with Crippen molar-refractivity contribution in [3.05, 3.63) is 42.0 Å². The van der Waals surface area contributed by atoms with Gasteiger partial charge < -0.3 is 34.9 Å². The van der Waals surface area contributed by atoms with Crippen molar-refractivity contribution < 1.29 is 33.7 Å². The van der Waals surface area contributed by atoms with Crippen LogP contribution in [0.3, 0.4) is 0 Å². The molecule has 0 aromatic heterocycles. The van der Waals surface area contributed by atoms with Gasteiger partial charge in [-0.2, -0.15) is 0 Å². The second kappa shape index (κ2) is 11.3.